The smallest absolute Gasteiger partial charge is 0.307 e. The predicted molar refractivity (Wildman–Crippen MR) is 131 cm³/mol. The van der Waals surface area contributed by atoms with Gasteiger partial charge in [0.1, 0.15) is 12.4 Å². The van der Waals surface area contributed by atoms with Gasteiger partial charge in [-0.15, -0.1) is 0 Å². The van der Waals surface area contributed by atoms with E-state index in [0.717, 1.165) is 39.3 Å². The summed E-state index contributed by atoms with van der Waals surface area (Å²) in [6, 6.07) is 25.8. The number of aromatic amines is 1. The van der Waals surface area contributed by atoms with Crippen LogP contribution in [0.25, 0.3) is 11.1 Å². The summed E-state index contributed by atoms with van der Waals surface area (Å²) >= 11 is 1.01. The van der Waals surface area contributed by atoms with E-state index in [1.807, 2.05) is 67.6 Å². The Morgan fingerprint density at radius 2 is 1.70 bits per heavy atom. The topological polar surface area (TPSA) is 83.9 Å². The number of rotatable bonds is 9. The molecule has 1 aromatic heterocycles. The molecule has 1 heterocycles. The number of H-pyrrole nitrogens is 1. The molecular formula is C26H24N2O4S. The van der Waals surface area contributed by atoms with E-state index in [1.54, 1.807) is 0 Å². The van der Waals surface area contributed by atoms with Gasteiger partial charge in [0.2, 0.25) is 5.88 Å². The molecule has 0 unspecified atom stereocenters. The van der Waals surface area contributed by atoms with Gasteiger partial charge >= 0.3 is 4.87 Å². The second-order valence-corrected chi connectivity index (χ2v) is 8.44. The van der Waals surface area contributed by atoms with Crippen LogP contribution in [0.4, 0.5) is 0 Å². The number of benzene rings is 3. The van der Waals surface area contributed by atoms with Crippen LogP contribution in [0, 0.1) is 0 Å². The Balaban J connectivity index is 1.28. The number of aromatic hydroxyl groups is 1. The van der Waals surface area contributed by atoms with E-state index in [1.165, 1.54) is 0 Å². The van der Waals surface area contributed by atoms with Gasteiger partial charge in [-0.2, -0.15) is 0 Å². The summed E-state index contributed by atoms with van der Waals surface area (Å²) in [5.41, 5.74) is 5.05. The third kappa shape index (κ3) is 5.90. The molecule has 0 aliphatic heterocycles. The maximum atomic E-state index is 11.3. The van der Waals surface area contributed by atoms with Crippen LogP contribution in [0.15, 0.2) is 88.8 Å². The lowest BCUT2D eigenvalue weighted by Gasteiger charge is -2.10. The third-order valence-corrected chi connectivity index (χ3v) is 5.91. The molecule has 2 N–H and O–H groups in total. The van der Waals surface area contributed by atoms with Crippen LogP contribution in [-0.4, -0.2) is 29.0 Å². The number of nitrogens with one attached hydrogen (secondary N) is 1. The molecule has 0 atom stereocenters. The van der Waals surface area contributed by atoms with E-state index in [0.29, 0.717) is 30.3 Å². The van der Waals surface area contributed by atoms with Crippen molar-refractivity contribution in [1.82, 2.24) is 4.98 Å². The van der Waals surface area contributed by atoms with Crippen molar-refractivity contribution >= 4 is 17.0 Å². The minimum absolute atomic E-state index is 0.0651. The van der Waals surface area contributed by atoms with Crippen LogP contribution in [0.5, 0.6) is 11.6 Å². The van der Waals surface area contributed by atoms with Gasteiger partial charge in [0.15, 0.2) is 6.61 Å². The van der Waals surface area contributed by atoms with Gasteiger partial charge in [-0.25, -0.2) is 0 Å². The Hall–Kier alpha value is -3.84. The summed E-state index contributed by atoms with van der Waals surface area (Å²) in [6.07, 6.45) is 0.483. The molecular weight excluding hydrogens is 436 g/mol. The van der Waals surface area contributed by atoms with E-state index < -0.39 is 0 Å². The molecule has 4 rings (SSSR count). The van der Waals surface area contributed by atoms with E-state index in [9.17, 15) is 9.90 Å². The molecule has 3 aromatic carbocycles. The first-order valence-electron chi connectivity index (χ1n) is 10.5. The van der Waals surface area contributed by atoms with E-state index in [-0.39, 0.29) is 10.8 Å². The third-order valence-electron chi connectivity index (χ3n) is 5.03. The molecule has 0 spiro atoms. The molecule has 0 aliphatic rings. The van der Waals surface area contributed by atoms with E-state index >= 15 is 0 Å². The number of thiazole rings is 1. The summed E-state index contributed by atoms with van der Waals surface area (Å²) in [6.45, 7) is 2.61. The fourth-order valence-corrected chi connectivity index (χ4v) is 4.18. The fraction of sp³-hybridized carbons (Fsp3) is 0.154. The summed E-state index contributed by atoms with van der Waals surface area (Å²) < 4.78 is 5.72. The molecule has 4 aromatic rings. The van der Waals surface area contributed by atoms with Gasteiger partial charge in [-0.3, -0.25) is 9.78 Å². The molecule has 0 fully saturated rings. The Morgan fingerprint density at radius 3 is 2.42 bits per heavy atom. The molecule has 0 amide bonds. The number of ether oxygens (including phenoxy) is 1. The number of hydrogen-bond acceptors (Lipinski definition) is 6. The molecule has 0 saturated heterocycles. The summed E-state index contributed by atoms with van der Waals surface area (Å²) in [7, 11) is 0. The minimum Gasteiger partial charge on any atom is -0.494 e. The summed E-state index contributed by atoms with van der Waals surface area (Å²) in [4.78, 5) is 19.5. The monoisotopic (exact) mass is 460 g/mol. The van der Waals surface area contributed by atoms with Crippen molar-refractivity contribution in [2.24, 2.45) is 5.16 Å². The average molecular weight is 461 g/mol. The Kier molecular flexibility index (Phi) is 7.22. The van der Waals surface area contributed by atoms with Crippen LogP contribution < -0.4 is 9.61 Å². The van der Waals surface area contributed by atoms with Gasteiger partial charge in [0.05, 0.1) is 10.6 Å². The molecule has 7 heteroatoms. The van der Waals surface area contributed by atoms with Gasteiger partial charge in [0, 0.05) is 12.0 Å². The Labute approximate surface area is 195 Å². The van der Waals surface area contributed by atoms with Crippen molar-refractivity contribution in [3.8, 4) is 22.8 Å². The van der Waals surface area contributed by atoms with Crippen molar-refractivity contribution in [1.29, 1.82) is 0 Å². The van der Waals surface area contributed by atoms with Crippen molar-refractivity contribution in [2.75, 3.05) is 13.2 Å². The molecule has 0 bridgehead atoms. The van der Waals surface area contributed by atoms with Crippen LogP contribution in [0.1, 0.15) is 22.9 Å². The quantitative estimate of drug-likeness (QED) is 0.204. The second-order valence-electron chi connectivity index (χ2n) is 7.38. The molecule has 0 saturated carbocycles. The van der Waals surface area contributed by atoms with Gasteiger partial charge in [-0.05, 0) is 35.7 Å². The number of aromatic nitrogens is 1. The highest BCUT2D eigenvalue weighted by Gasteiger charge is 2.09. The second kappa shape index (κ2) is 10.7. The van der Waals surface area contributed by atoms with E-state index in [4.69, 9.17) is 9.57 Å². The largest absolute Gasteiger partial charge is 0.494 e. The zero-order valence-corrected chi connectivity index (χ0v) is 19.0. The SMILES string of the molecule is C/C(=N\OCCOc1ccc(Cc2sc(=O)[nH]c2O)cc1)c1ccccc1-c1ccccc1. The first-order valence-corrected chi connectivity index (χ1v) is 11.4. The van der Waals surface area contributed by atoms with Crippen molar-refractivity contribution < 1.29 is 14.7 Å². The van der Waals surface area contributed by atoms with Crippen LogP contribution >= 0.6 is 11.3 Å². The van der Waals surface area contributed by atoms with Gasteiger partial charge in [-0.1, -0.05) is 83.2 Å². The van der Waals surface area contributed by atoms with Crippen molar-refractivity contribution in [3.05, 3.63) is 105 Å². The zero-order valence-electron chi connectivity index (χ0n) is 18.2. The number of nitrogens with zero attached hydrogens (tertiary/aromatic N) is 1. The van der Waals surface area contributed by atoms with Crippen molar-refractivity contribution in [2.45, 2.75) is 13.3 Å². The fourth-order valence-electron chi connectivity index (χ4n) is 3.42. The van der Waals surface area contributed by atoms with Crippen LogP contribution in [-0.2, 0) is 11.3 Å². The number of hydrogen-bond donors (Lipinski definition) is 2. The van der Waals surface area contributed by atoms with E-state index in [2.05, 4.69) is 28.3 Å². The normalized spacial score (nSPS) is 11.4. The first-order chi connectivity index (χ1) is 16.1. The summed E-state index contributed by atoms with van der Waals surface area (Å²) in [5.74, 6) is 0.647. The molecule has 33 heavy (non-hydrogen) atoms. The lowest BCUT2D eigenvalue weighted by atomic mass is 9.97. The molecule has 6 nitrogen and oxygen atoms in total. The molecule has 0 aliphatic carbocycles. The van der Waals surface area contributed by atoms with Crippen LogP contribution in [0.3, 0.4) is 0 Å². The molecule has 168 valence electrons. The Bertz CT molecular complexity index is 1280. The highest BCUT2D eigenvalue weighted by atomic mass is 32.1. The summed E-state index contributed by atoms with van der Waals surface area (Å²) in [5, 5.41) is 14.0. The highest BCUT2D eigenvalue weighted by Crippen LogP contribution is 2.24. The highest BCUT2D eigenvalue weighted by molar-refractivity contribution is 7.09. The maximum absolute atomic E-state index is 11.3. The average Bonchev–Trinajstić information content (AvgIpc) is 3.16. The first kappa shape index (κ1) is 22.4. The van der Waals surface area contributed by atoms with Crippen LogP contribution in [0.2, 0.25) is 0 Å². The lowest BCUT2D eigenvalue weighted by molar-refractivity contribution is 0.107. The maximum Gasteiger partial charge on any atom is 0.307 e. The lowest BCUT2D eigenvalue weighted by Crippen LogP contribution is -2.06. The molecule has 0 radical (unpaired) electrons. The number of oxime groups is 1. The minimum atomic E-state index is -0.260. The van der Waals surface area contributed by atoms with Crippen molar-refractivity contribution in [3.63, 3.8) is 0 Å². The standard InChI is InChI=1S/C26H24N2O4S/c1-18(22-9-5-6-10-23(22)20-7-3-2-4-8-20)28-32-16-15-31-21-13-11-19(12-14-21)17-24-25(29)27-26(30)33-24/h2-14,29H,15-17H2,1H3,(H,27,30)/b28-18+. The van der Waals surface area contributed by atoms with Gasteiger partial charge < -0.3 is 14.7 Å². The van der Waals surface area contributed by atoms with Gasteiger partial charge in [0.25, 0.3) is 0 Å². The zero-order chi connectivity index (χ0) is 23.0. The predicted octanol–water partition coefficient (Wildman–Crippen LogP) is 5.22. The Morgan fingerprint density at radius 1 is 0.970 bits per heavy atom.